The fourth-order valence-electron chi connectivity index (χ4n) is 9.17. The van der Waals surface area contributed by atoms with Gasteiger partial charge in [-0.3, -0.25) is 9.59 Å². The first-order chi connectivity index (χ1) is 28.2. The van der Waals surface area contributed by atoms with Gasteiger partial charge in [0.2, 0.25) is 0 Å². The number of unbranched alkanes of at least 4 members (excludes halogenated alkanes) is 2. The van der Waals surface area contributed by atoms with Gasteiger partial charge >= 0.3 is 11.9 Å². The summed E-state index contributed by atoms with van der Waals surface area (Å²) < 4.78 is 27.3. The van der Waals surface area contributed by atoms with Gasteiger partial charge in [0.25, 0.3) is 0 Å². The molecule has 2 aliphatic rings. The molecule has 4 rings (SSSR count). The molecule has 3 atom stereocenters. The lowest BCUT2D eigenvalue weighted by Crippen LogP contribution is -2.71. The minimum Gasteiger partial charge on any atom is -0.507 e. The van der Waals surface area contributed by atoms with Crippen LogP contribution in [-0.4, -0.2) is 93.8 Å². The van der Waals surface area contributed by atoms with Crippen LogP contribution in [0.25, 0.3) is 0 Å². The summed E-state index contributed by atoms with van der Waals surface area (Å²) in [7, 11) is 0. The molecule has 344 valence electrons. The topological polar surface area (TPSA) is 192 Å². The van der Waals surface area contributed by atoms with Crippen LogP contribution in [0.3, 0.4) is 0 Å². The summed E-state index contributed by atoms with van der Waals surface area (Å²) in [5.74, 6) is -4.32. The average molecular weight is 857 g/mol. The average Bonchev–Trinajstić information content (AvgIpc) is 3.17. The van der Waals surface area contributed by atoms with Crippen molar-refractivity contribution in [3.63, 3.8) is 0 Å². The Morgan fingerprint density at radius 1 is 0.639 bits per heavy atom. The van der Waals surface area contributed by atoms with Gasteiger partial charge in [0.1, 0.15) is 11.5 Å². The Labute approximate surface area is 364 Å². The molecular formula is C49H76O12. The van der Waals surface area contributed by atoms with Crippen molar-refractivity contribution in [3.8, 4) is 11.5 Å². The molecule has 0 amide bonds. The maximum atomic E-state index is 13.6. The molecule has 12 heteroatoms. The minimum atomic E-state index is -1.84. The van der Waals surface area contributed by atoms with Crippen LogP contribution < -0.4 is 0 Å². The predicted octanol–water partition coefficient (Wildman–Crippen LogP) is 8.70. The highest BCUT2D eigenvalue weighted by molar-refractivity contribution is 5.71. The van der Waals surface area contributed by atoms with Gasteiger partial charge in [-0.05, 0) is 69.9 Å². The number of benzene rings is 2. The van der Waals surface area contributed by atoms with Gasteiger partial charge in [0.15, 0.2) is 12.6 Å². The lowest BCUT2D eigenvalue weighted by molar-refractivity contribution is -0.400. The summed E-state index contributed by atoms with van der Waals surface area (Å²) in [6.07, 6.45) is 1.12. The molecule has 0 aromatic heterocycles. The van der Waals surface area contributed by atoms with E-state index in [2.05, 4.69) is 13.8 Å². The summed E-state index contributed by atoms with van der Waals surface area (Å²) in [5, 5.41) is 67.1. The fourth-order valence-corrected chi connectivity index (χ4v) is 9.17. The summed E-state index contributed by atoms with van der Waals surface area (Å²) in [5.41, 5.74) is -2.78. The molecule has 2 heterocycles. The highest BCUT2D eigenvalue weighted by Gasteiger charge is 2.68. The van der Waals surface area contributed by atoms with Gasteiger partial charge < -0.3 is 49.6 Å². The van der Waals surface area contributed by atoms with E-state index in [1.807, 2.05) is 79.7 Å². The van der Waals surface area contributed by atoms with Crippen molar-refractivity contribution in [2.45, 2.75) is 175 Å². The van der Waals surface area contributed by atoms with E-state index >= 15 is 0 Å². The number of ether oxygens (including phenoxy) is 4. The van der Waals surface area contributed by atoms with E-state index in [1.54, 1.807) is 13.8 Å². The molecule has 2 aromatic carbocycles. The maximum absolute atomic E-state index is 13.6. The van der Waals surface area contributed by atoms with Crippen molar-refractivity contribution in [3.05, 3.63) is 57.6 Å². The highest BCUT2D eigenvalue weighted by atomic mass is 16.7. The SMILES string of the molecule is CCCCc1cc(C(CC(=O)O)C2(C(CC(=O)O)c3cc(CCCC)c(O)c(C(C)(C)C)c3)OC(C(C)(C)CO)OCC23COC(C(C)(C)CO)OC3)cc(C(C)(C)C)c1O. The minimum absolute atomic E-state index is 0.126. The summed E-state index contributed by atoms with van der Waals surface area (Å²) in [6.45, 7) is 22.1. The maximum Gasteiger partial charge on any atom is 0.304 e. The number of hydrogen-bond donors (Lipinski definition) is 6. The number of phenolic OH excluding ortho intramolecular Hbond substituents is 2. The van der Waals surface area contributed by atoms with Crippen molar-refractivity contribution < 1.29 is 59.2 Å². The standard InChI is InChI=1S/C49H76O12/c1-13-15-17-30-19-32(21-36(40(30)56)44(3,4)5)34(23-38(52)53)49(35(24-39(54)55)33-20-31(18-16-14-2)41(57)37(22-33)45(6,7)8)48(29-60-43(61-49)47(11,12)26-51)27-58-42(59-28-48)46(9,10)25-50/h19-22,34-35,42-43,50-51,56-57H,13-18,23-29H2,1-12H3,(H,52,53)(H,54,55). The molecule has 0 saturated carbocycles. The lowest BCUT2D eigenvalue weighted by atomic mass is 9.54. The molecule has 2 saturated heterocycles. The molecule has 2 aromatic rings. The van der Waals surface area contributed by atoms with Crippen LogP contribution in [0, 0.1) is 16.2 Å². The zero-order chi connectivity index (χ0) is 45.9. The number of carboxylic acids is 2. The van der Waals surface area contributed by atoms with Crippen molar-refractivity contribution >= 4 is 11.9 Å². The van der Waals surface area contributed by atoms with Gasteiger partial charge in [-0.15, -0.1) is 0 Å². The number of aliphatic hydroxyl groups excluding tert-OH is 2. The van der Waals surface area contributed by atoms with Crippen molar-refractivity contribution in [2.75, 3.05) is 33.0 Å². The molecule has 1 spiro atoms. The molecule has 2 fully saturated rings. The molecule has 6 N–H and O–H groups in total. The van der Waals surface area contributed by atoms with Crippen LogP contribution in [0.5, 0.6) is 11.5 Å². The summed E-state index contributed by atoms with van der Waals surface area (Å²) >= 11 is 0. The Morgan fingerprint density at radius 3 is 1.33 bits per heavy atom. The molecule has 0 bridgehead atoms. The third-order valence-corrected chi connectivity index (χ3v) is 13.0. The predicted molar refractivity (Wildman–Crippen MR) is 234 cm³/mol. The second-order valence-corrected chi connectivity index (χ2v) is 21.2. The summed E-state index contributed by atoms with van der Waals surface area (Å²) in [4.78, 5) is 27.1. The molecular weight excluding hydrogens is 781 g/mol. The number of hydrogen-bond acceptors (Lipinski definition) is 10. The Bertz CT molecular complexity index is 1720. The Morgan fingerprint density at radius 2 is 1.00 bits per heavy atom. The number of phenols is 2. The molecule has 3 unspecified atom stereocenters. The monoisotopic (exact) mass is 857 g/mol. The van der Waals surface area contributed by atoms with Crippen LogP contribution >= 0.6 is 0 Å². The van der Waals surface area contributed by atoms with Gasteiger partial charge in [-0.1, -0.05) is 120 Å². The third-order valence-electron chi connectivity index (χ3n) is 13.0. The van der Waals surface area contributed by atoms with Gasteiger partial charge in [0.05, 0.1) is 56.9 Å². The Hall–Kier alpha value is -3.26. The van der Waals surface area contributed by atoms with E-state index in [1.165, 1.54) is 0 Å². The van der Waals surface area contributed by atoms with Crippen LogP contribution in [0.4, 0.5) is 0 Å². The van der Waals surface area contributed by atoms with Gasteiger partial charge in [0, 0.05) is 22.7 Å². The summed E-state index contributed by atoms with van der Waals surface area (Å²) in [6, 6.07) is 7.36. The van der Waals surface area contributed by atoms with Crippen LogP contribution in [0.15, 0.2) is 24.3 Å². The van der Waals surface area contributed by atoms with Crippen LogP contribution in [0.1, 0.15) is 167 Å². The van der Waals surface area contributed by atoms with Crippen molar-refractivity contribution in [1.29, 1.82) is 0 Å². The molecule has 0 radical (unpaired) electrons. The number of carboxylic acid groups (broad SMARTS) is 2. The Kier molecular flexibility index (Phi) is 15.9. The largest absolute Gasteiger partial charge is 0.507 e. The Balaban J connectivity index is 2.31. The lowest BCUT2D eigenvalue weighted by Gasteiger charge is -2.63. The first-order valence-electron chi connectivity index (χ1n) is 22.2. The van der Waals surface area contributed by atoms with E-state index in [-0.39, 0.29) is 44.5 Å². The number of aromatic hydroxyl groups is 2. The number of aryl methyl sites for hydroxylation is 2. The number of carbonyl (C=O) groups is 2. The quantitative estimate of drug-likeness (QED) is 0.0837. The number of aliphatic carboxylic acids is 2. The normalized spacial score (nSPS) is 23.8. The smallest absolute Gasteiger partial charge is 0.304 e. The fraction of sp³-hybridized carbons (Fsp3) is 0.714. The molecule has 12 nitrogen and oxygen atoms in total. The van der Waals surface area contributed by atoms with Gasteiger partial charge in [-0.25, -0.2) is 0 Å². The van der Waals surface area contributed by atoms with Crippen molar-refractivity contribution in [2.24, 2.45) is 16.2 Å². The van der Waals surface area contributed by atoms with Crippen LogP contribution in [-0.2, 0) is 52.2 Å². The second-order valence-electron chi connectivity index (χ2n) is 21.2. The first-order valence-corrected chi connectivity index (χ1v) is 22.2. The zero-order valence-electron chi connectivity index (χ0n) is 38.9. The number of rotatable bonds is 18. The van der Waals surface area contributed by atoms with Gasteiger partial charge in [-0.2, -0.15) is 0 Å². The zero-order valence-corrected chi connectivity index (χ0v) is 38.9. The van der Waals surface area contributed by atoms with E-state index in [9.17, 15) is 40.2 Å². The van der Waals surface area contributed by atoms with E-state index in [0.717, 1.165) is 25.7 Å². The van der Waals surface area contributed by atoms with Crippen LogP contribution in [0.2, 0.25) is 0 Å². The van der Waals surface area contributed by atoms with Crippen molar-refractivity contribution in [1.82, 2.24) is 0 Å². The van der Waals surface area contributed by atoms with E-state index in [4.69, 9.17) is 18.9 Å². The first kappa shape index (κ1) is 50.4. The molecule has 0 aliphatic carbocycles. The molecule has 61 heavy (non-hydrogen) atoms. The second kappa shape index (κ2) is 19.2. The highest BCUT2D eigenvalue weighted by Crippen LogP contribution is 2.62. The van der Waals surface area contributed by atoms with E-state index in [0.29, 0.717) is 46.2 Å². The third kappa shape index (κ3) is 10.6. The molecule has 2 aliphatic heterocycles. The van der Waals surface area contributed by atoms with E-state index < -0.39 is 81.9 Å². The number of aliphatic hydroxyl groups is 2.